The molecule has 7 atom stereocenters. The van der Waals surface area contributed by atoms with E-state index in [1.165, 1.54) is 11.8 Å². The van der Waals surface area contributed by atoms with Crippen LogP contribution in [0.3, 0.4) is 0 Å². The van der Waals surface area contributed by atoms with Crippen molar-refractivity contribution in [2.24, 2.45) is 17.8 Å². The van der Waals surface area contributed by atoms with Crippen molar-refractivity contribution in [1.29, 1.82) is 0 Å². The fourth-order valence-electron chi connectivity index (χ4n) is 8.12. The molecule has 4 amide bonds. The first-order valence-corrected chi connectivity index (χ1v) is 22.0. The first-order chi connectivity index (χ1) is 28.1. The van der Waals surface area contributed by atoms with Crippen molar-refractivity contribution in [2.75, 3.05) is 6.54 Å². The molecule has 2 aromatic heterocycles. The Bertz CT molecular complexity index is 2350. The molecule has 0 radical (unpaired) electrons. The van der Waals surface area contributed by atoms with Gasteiger partial charge in [0.1, 0.15) is 23.7 Å². The van der Waals surface area contributed by atoms with E-state index < -0.39 is 85.9 Å². The SMILES string of the molecule is CCC1CC(C)CCC=CC2CC2(C(=O)NS(=O)(=O)C2(C)CC2)NC(=O)C2CC(Oc3nc4nccn4c4ccc(Cl)cc34)CN2C(=O)C1NC(=O)OC(C)(C)C(F)(F)F. The molecule has 2 aliphatic carbocycles. The van der Waals surface area contributed by atoms with Crippen molar-refractivity contribution in [2.45, 2.75) is 126 Å². The summed E-state index contributed by atoms with van der Waals surface area (Å²) in [6.45, 7) is 6.42. The van der Waals surface area contributed by atoms with Crippen LogP contribution in [0.15, 0.2) is 42.7 Å². The molecule has 2 aliphatic heterocycles. The molecule has 3 fully saturated rings. The molecule has 3 N–H and O–H groups in total. The number of ether oxygens (including phenoxy) is 2. The van der Waals surface area contributed by atoms with Crippen LogP contribution >= 0.6 is 11.6 Å². The fraction of sp³-hybridized carbons (Fsp3) is 0.600. The predicted octanol–water partition coefficient (Wildman–Crippen LogP) is 5.60. The zero-order valence-corrected chi connectivity index (χ0v) is 35.4. The Kier molecular flexibility index (Phi) is 11.3. The van der Waals surface area contributed by atoms with Gasteiger partial charge in [-0.15, -0.1) is 0 Å². The number of hydrogen-bond acceptors (Lipinski definition) is 10. The van der Waals surface area contributed by atoms with Gasteiger partial charge in [-0.3, -0.25) is 23.5 Å². The first kappa shape index (κ1) is 43.4. The van der Waals surface area contributed by atoms with E-state index in [1.807, 2.05) is 13.0 Å². The van der Waals surface area contributed by atoms with Crippen molar-refractivity contribution in [3.63, 3.8) is 0 Å². The number of sulfonamides is 1. The molecule has 4 heterocycles. The third-order valence-electron chi connectivity index (χ3n) is 12.5. The van der Waals surface area contributed by atoms with Crippen LogP contribution < -0.4 is 20.1 Å². The molecule has 0 spiro atoms. The van der Waals surface area contributed by atoms with E-state index in [0.29, 0.717) is 74.1 Å². The van der Waals surface area contributed by atoms with Crippen molar-refractivity contribution in [3.05, 3.63) is 47.8 Å². The molecule has 7 unspecified atom stereocenters. The molecule has 15 nitrogen and oxygen atoms in total. The number of alkyl halides is 3. The molecule has 2 saturated carbocycles. The molecule has 3 aromatic rings. The summed E-state index contributed by atoms with van der Waals surface area (Å²) in [5, 5.41) is 6.11. The van der Waals surface area contributed by atoms with Crippen LogP contribution in [0.5, 0.6) is 5.88 Å². The number of allylic oxidation sites excluding steroid dienone is 1. The maximum Gasteiger partial charge on any atom is 0.427 e. The molecule has 1 aromatic carbocycles. The lowest BCUT2D eigenvalue weighted by molar-refractivity contribution is -0.244. The zero-order chi connectivity index (χ0) is 43.6. The third kappa shape index (κ3) is 8.35. The number of aromatic nitrogens is 3. The highest BCUT2D eigenvalue weighted by Crippen LogP contribution is 2.48. The highest BCUT2D eigenvalue weighted by Gasteiger charge is 2.63. The molecule has 1 saturated heterocycles. The Morgan fingerprint density at radius 3 is 2.57 bits per heavy atom. The van der Waals surface area contributed by atoms with Crippen LogP contribution in [0, 0.1) is 17.8 Å². The van der Waals surface area contributed by atoms with Crippen molar-refractivity contribution in [3.8, 4) is 5.88 Å². The number of fused-ring (bicyclic) bond motifs is 5. The number of imidazole rings is 1. The molecule has 60 heavy (non-hydrogen) atoms. The number of amides is 4. The first-order valence-electron chi connectivity index (χ1n) is 20.1. The van der Waals surface area contributed by atoms with Gasteiger partial charge in [-0.2, -0.15) is 18.2 Å². The third-order valence-corrected chi connectivity index (χ3v) is 14.9. The minimum absolute atomic E-state index is 0.0462. The van der Waals surface area contributed by atoms with Gasteiger partial charge in [-0.05, 0) is 89.3 Å². The van der Waals surface area contributed by atoms with Gasteiger partial charge in [0.05, 0.1) is 22.2 Å². The number of halogens is 4. The highest BCUT2D eigenvalue weighted by atomic mass is 35.5. The monoisotopic (exact) mass is 879 g/mol. The summed E-state index contributed by atoms with van der Waals surface area (Å²) in [7, 11) is -4.09. The minimum atomic E-state index is -4.93. The summed E-state index contributed by atoms with van der Waals surface area (Å²) in [6, 6.07) is 2.28. The van der Waals surface area contributed by atoms with E-state index in [4.69, 9.17) is 21.1 Å². The van der Waals surface area contributed by atoms with Gasteiger partial charge in [0.25, 0.3) is 5.91 Å². The highest BCUT2D eigenvalue weighted by molar-refractivity contribution is 7.91. The van der Waals surface area contributed by atoms with Crippen LogP contribution in [0.25, 0.3) is 16.7 Å². The Labute approximate surface area is 350 Å². The quantitative estimate of drug-likeness (QED) is 0.241. The summed E-state index contributed by atoms with van der Waals surface area (Å²) < 4.78 is 82.1. The summed E-state index contributed by atoms with van der Waals surface area (Å²) in [5.41, 5.74) is -3.91. The van der Waals surface area contributed by atoms with E-state index >= 15 is 0 Å². The summed E-state index contributed by atoms with van der Waals surface area (Å²) >= 11 is 6.39. The maximum absolute atomic E-state index is 15.0. The Balaban J connectivity index is 1.26. The second-order valence-electron chi connectivity index (χ2n) is 17.3. The second kappa shape index (κ2) is 15.7. The second-order valence-corrected chi connectivity index (χ2v) is 20.0. The van der Waals surface area contributed by atoms with Crippen LogP contribution in [-0.4, -0.2) is 98.3 Å². The predicted molar refractivity (Wildman–Crippen MR) is 213 cm³/mol. The average Bonchev–Trinajstić information content (AvgIpc) is 3.95. The number of benzene rings is 1. The lowest BCUT2D eigenvalue weighted by Crippen LogP contribution is -2.60. The fourth-order valence-corrected chi connectivity index (χ4v) is 9.60. The molecule has 0 bridgehead atoms. The van der Waals surface area contributed by atoms with E-state index in [0.717, 1.165) is 0 Å². The van der Waals surface area contributed by atoms with Crippen LogP contribution in [0.2, 0.25) is 5.02 Å². The van der Waals surface area contributed by atoms with Crippen molar-refractivity contribution < 1.29 is 50.2 Å². The minimum Gasteiger partial charge on any atom is -0.472 e. The Hall–Kier alpha value is -4.65. The van der Waals surface area contributed by atoms with E-state index in [9.17, 15) is 40.8 Å². The number of carbonyl (C=O) groups is 4. The lowest BCUT2D eigenvalue weighted by atomic mass is 9.85. The van der Waals surface area contributed by atoms with Gasteiger partial charge < -0.3 is 25.0 Å². The molecule has 326 valence electrons. The van der Waals surface area contributed by atoms with Gasteiger partial charge in [0.2, 0.25) is 39.1 Å². The number of alkyl carbamates (subject to hydrolysis) is 1. The summed E-state index contributed by atoms with van der Waals surface area (Å²) in [4.78, 5) is 66.9. The largest absolute Gasteiger partial charge is 0.472 e. The number of nitrogens with one attached hydrogen (secondary N) is 3. The van der Waals surface area contributed by atoms with Crippen molar-refractivity contribution in [1.82, 2.24) is 34.6 Å². The molecule has 4 aliphatic rings. The van der Waals surface area contributed by atoms with Gasteiger partial charge in [-0.25, -0.2) is 18.2 Å². The normalized spacial score (nSPS) is 28.5. The van der Waals surface area contributed by atoms with Crippen LogP contribution in [0.1, 0.15) is 86.0 Å². The van der Waals surface area contributed by atoms with Crippen LogP contribution in [0.4, 0.5) is 18.0 Å². The summed E-state index contributed by atoms with van der Waals surface area (Å²) in [6.07, 6.45) is 2.11. The topological polar surface area (TPSA) is 190 Å². The lowest BCUT2D eigenvalue weighted by Gasteiger charge is -2.35. The number of rotatable bonds is 8. The Morgan fingerprint density at radius 2 is 1.88 bits per heavy atom. The van der Waals surface area contributed by atoms with Gasteiger partial charge in [0, 0.05) is 29.8 Å². The van der Waals surface area contributed by atoms with Crippen LogP contribution in [-0.2, 0) is 29.1 Å². The maximum atomic E-state index is 15.0. The number of carbonyl (C=O) groups excluding carboxylic acids is 4. The zero-order valence-electron chi connectivity index (χ0n) is 33.8. The van der Waals surface area contributed by atoms with E-state index in [-0.39, 0.29) is 31.2 Å². The smallest absolute Gasteiger partial charge is 0.427 e. The average molecular weight is 880 g/mol. The van der Waals surface area contributed by atoms with Gasteiger partial charge in [-0.1, -0.05) is 44.0 Å². The summed E-state index contributed by atoms with van der Waals surface area (Å²) in [5.74, 6) is -3.31. The van der Waals surface area contributed by atoms with Gasteiger partial charge >= 0.3 is 12.3 Å². The molecule has 7 rings (SSSR count). The number of hydrogen-bond donors (Lipinski definition) is 3. The molecular formula is C40H49ClF3N7O8S. The molecular weight excluding hydrogens is 831 g/mol. The van der Waals surface area contributed by atoms with Crippen molar-refractivity contribution >= 4 is 62.1 Å². The van der Waals surface area contributed by atoms with E-state index in [1.54, 1.807) is 48.0 Å². The standard InChI is InChI=1S/C40H49ClF3N7O8S/c1-6-23-17-22(2)9-7-8-10-24-20-39(24,34(54)49-60(56,57)38(5)13-14-38)48-31(52)29-19-26(21-51(29)33(53)30(23)46-36(55)59-37(3,4)40(42,43)44)58-32-27-18-25(41)11-12-28(27)50-16-15-45-35(50)47-32/h8,10-12,15-16,18,22-24,26,29-30H,6-7,9,13-14,17,19-21H2,1-5H3,(H,46,55)(H,48,52)(H,49,54). The Morgan fingerprint density at radius 1 is 1.15 bits per heavy atom. The number of nitrogens with zero attached hydrogens (tertiary/aromatic N) is 4. The van der Waals surface area contributed by atoms with Gasteiger partial charge in [0.15, 0.2) is 0 Å². The molecule has 20 heteroatoms. The van der Waals surface area contributed by atoms with E-state index in [2.05, 4.69) is 25.3 Å².